The van der Waals surface area contributed by atoms with E-state index < -0.39 is 0 Å². The van der Waals surface area contributed by atoms with Crippen LogP contribution in [0.25, 0.3) is 21.8 Å². The van der Waals surface area contributed by atoms with E-state index in [2.05, 4.69) is 43.4 Å². The van der Waals surface area contributed by atoms with Crippen molar-refractivity contribution in [2.45, 2.75) is 27.7 Å². The molecular weight excluding hydrogens is 674 g/mol. The first kappa shape index (κ1) is 36.5. The Morgan fingerprint density at radius 3 is 1.98 bits per heavy atom. The zero-order valence-corrected chi connectivity index (χ0v) is 29.8. The predicted octanol–water partition coefficient (Wildman–Crippen LogP) is 7.66. The largest absolute Gasteiger partial charge is 0.465 e. The Bertz CT molecular complexity index is 2550. The summed E-state index contributed by atoms with van der Waals surface area (Å²) in [5, 5.41) is 11.0. The van der Waals surface area contributed by atoms with Crippen LogP contribution in [0.5, 0.6) is 0 Å². The predicted molar refractivity (Wildman–Crippen MR) is 202 cm³/mol. The van der Waals surface area contributed by atoms with Gasteiger partial charge in [-0.1, -0.05) is 47.4 Å². The highest BCUT2D eigenvalue weighted by Crippen LogP contribution is 2.27. The first-order valence-corrected chi connectivity index (χ1v) is 16.4. The molecule has 0 atom stereocenters. The highest BCUT2D eigenvalue weighted by molar-refractivity contribution is 6.31. The number of hydrogen-bond acceptors (Lipinski definition) is 9. The molecule has 0 fully saturated rings. The molecule has 6 rings (SSSR count). The number of fused-ring (bicyclic) bond motifs is 3. The van der Waals surface area contributed by atoms with Crippen LogP contribution < -0.4 is 5.73 Å². The Morgan fingerprint density at radius 2 is 1.40 bits per heavy atom. The molecule has 9 nitrogen and oxygen atoms in total. The van der Waals surface area contributed by atoms with Gasteiger partial charge < -0.3 is 15.2 Å². The van der Waals surface area contributed by atoms with Gasteiger partial charge in [0.1, 0.15) is 11.6 Å². The van der Waals surface area contributed by atoms with E-state index in [0.717, 1.165) is 49.7 Å². The molecule has 3 aromatic carbocycles. The van der Waals surface area contributed by atoms with Crippen LogP contribution in [-0.4, -0.2) is 40.6 Å². The van der Waals surface area contributed by atoms with Crippen molar-refractivity contribution >= 4 is 51.2 Å². The molecule has 0 bridgehead atoms. The molecule has 2 N–H and O–H groups in total. The fraction of sp³-hybridized carbons (Fsp3) is 0.143. The van der Waals surface area contributed by atoms with Gasteiger partial charge in [-0.25, -0.2) is 19.6 Å². The molecule has 0 radical (unpaired) electrons. The molecule has 0 aliphatic rings. The number of ether oxygens (including phenoxy) is 2. The molecule has 3 heterocycles. The molecule has 0 aliphatic carbocycles. The quantitative estimate of drug-likeness (QED) is 0.112. The SMILES string of the molecule is CCOC(=O)c1ccc(C#Cc2cnc3c(N)nc4cc(C)ccc4c3c2)c(C)c1.COC(=O)c1ccc(C#Cc2cnc(C#N)c(Cl)c2)c(C)c1. The molecule has 0 saturated heterocycles. The Balaban J connectivity index is 0.000000212. The van der Waals surface area contributed by atoms with Crippen molar-refractivity contribution in [2.75, 3.05) is 19.5 Å². The maximum absolute atomic E-state index is 11.9. The van der Waals surface area contributed by atoms with Crippen molar-refractivity contribution in [2.24, 2.45) is 0 Å². The molecule has 256 valence electrons. The number of esters is 2. The van der Waals surface area contributed by atoms with Gasteiger partial charge in [-0.15, -0.1) is 0 Å². The van der Waals surface area contributed by atoms with Gasteiger partial charge in [-0.3, -0.25) is 4.98 Å². The van der Waals surface area contributed by atoms with Crippen LogP contribution in [0.3, 0.4) is 0 Å². The number of nitrogens with two attached hydrogens (primary N) is 1. The second kappa shape index (κ2) is 16.3. The van der Waals surface area contributed by atoms with Gasteiger partial charge in [0.25, 0.3) is 0 Å². The molecule has 52 heavy (non-hydrogen) atoms. The van der Waals surface area contributed by atoms with Gasteiger partial charge in [0.2, 0.25) is 0 Å². The Kier molecular flexibility index (Phi) is 11.5. The Hall–Kier alpha value is -6.73. The van der Waals surface area contributed by atoms with E-state index >= 15 is 0 Å². The number of anilines is 1. The third-order valence-electron chi connectivity index (χ3n) is 7.83. The number of methoxy groups -OCH3 is 1. The second-order valence-corrected chi connectivity index (χ2v) is 12.0. The van der Waals surface area contributed by atoms with Crippen LogP contribution in [-0.2, 0) is 9.47 Å². The van der Waals surface area contributed by atoms with Crippen molar-refractivity contribution in [1.29, 1.82) is 5.26 Å². The molecule has 0 amide bonds. The van der Waals surface area contributed by atoms with Gasteiger partial charge in [0.05, 0.1) is 35.4 Å². The minimum absolute atomic E-state index is 0.172. The van der Waals surface area contributed by atoms with E-state index in [4.69, 9.17) is 27.3 Å². The lowest BCUT2D eigenvalue weighted by atomic mass is 10.0. The number of benzene rings is 3. The molecule has 3 aromatic heterocycles. The average molecular weight is 706 g/mol. The first-order valence-electron chi connectivity index (χ1n) is 16.0. The van der Waals surface area contributed by atoms with Gasteiger partial charge in [0, 0.05) is 45.4 Å². The summed E-state index contributed by atoms with van der Waals surface area (Å²) in [6.07, 6.45) is 3.20. The second-order valence-electron chi connectivity index (χ2n) is 11.6. The van der Waals surface area contributed by atoms with Crippen molar-refractivity contribution in [3.8, 4) is 29.8 Å². The summed E-state index contributed by atoms with van der Waals surface area (Å²) in [5.41, 5.74) is 14.7. The van der Waals surface area contributed by atoms with Crippen LogP contribution in [0.2, 0.25) is 5.02 Å². The van der Waals surface area contributed by atoms with Gasteiger partial charge >= 0.3 is 11.9 Å². The maximum Gasteiger partial charge on any atom is 0.338 e. The molecule has 0 spiro atoms. The Morgan fingerprint density at radius 1 is 0.788 bits per heavy atom. The van der Waals surface area contributed by atoms with Crippen molar-refractivity contribution in [1.82, 2.24) is 15.0 Å². The number of nitriles is 1. The number of nitrogen functional groups attached to an aromatic ring is 1. The average Bonchev–Trinajstić information content (AvgIpc) is 3.13. The van der Waals surface area contributed by atoms with E-state index in [1.54, 1.807) is 49.5 Å². The van der Waals surface area contributed by atoms with Crippen molar-refractivity contribution < 1.29 is 19.1 Å². The Labute approximate surface area is 306 Å². The number of rotatable bonds is 3. The summed E-state index contributed by atoms with van der Waals surface area (Å²) < 4.78 is 9.72. The summed E-state index contributed by atoms with van der Waals surface area (Å²) >= 11 is 5.91. The molecule has 0 unspecified atom stereocenters. The number of nitrogens with zero attached hydrogens (tertiary/aromatic N) is 4. The normalized spacial score (nSPS) is 10.1. The lowest BCUT2D eigenvalue weighted by Gasteiger charge is -2.07. The number of carbonyl (C=O) groups excluding carboxylic acids is 2. The van der Waals surface area contributed by atoms with E-state index in [0.29, 0.717) is 34.6 Å². The number of carbonyl (C=O) groups is 2. The number of aromatic nitrogens is 3. The summed E-state index contributed by atoms with van der Waals surface area (Å²) in [6.45, 7) is 7.95. The topological polar surface area (TPSA) is 141 Å². The number of halogens is 1. The van der Waals surface area contributed by atoms with Gasteiger partial charge in [-0.2, -0.15) is 5.26 Å². The lowest BCUT2D eigenvalue weighted by Crippen LogP contribution is -2.05. The zero-order chi connectivity index (χ0) is 37.4. The van der Waals surface area contributed by atoms with Crippen molar-refractivity contribution in [3.05, 3.63) is 140 Å². The fourth-order valence-electron chi connectivity index (χ4n) is 5.15. The van der Waals surface area contributed by atoms with Crippen LogP contribution in [0, 0.1) is 55.8 Å². The summed E-state index contributed by atoms with van der Waals surface area (Å²) in [7, 11) is 1.34. The summed E-state index contributed by atoms with van der Waals surface area (Å²) in [5.74, 6) is 12.0. The van der Waals surface area contributed by atoms with E-state index in [1.165, 1.54) is 13.3 Å². The smallest absolute Gasteiger partial charge is 0.338 e. The number of aryl methyl sites for hydroxylation is 3. The van der Waals surface area contributed by atoms with Crippen molar-refractivity contribution in [3.63, 3.8) is 0 Å². The third kappa shape index (κ3) is 8.52. The number of pyridine rings is 3. The van der Waals surface area contributed by atoms with Crippen LogP contribution >= 0.6 is 11.6 Å². The molecule has 0 saturated carbocycles. The van der Waals surface area contributed by atoms with Crippen LogP contribution in [0.15, 0.2) is 79.1 Å². The highest BCUT2D eigenvalue weighted by Gasteiger charge is 2.10. The first-order chi connectivity index (χ1) is 25.0. The lowest BCUT2D eigenvalue weighted by molar-refractivity contribution is 0.0525. The summed E-state index contributed by atoms with van der Waals surface area (Å²) in [4.78, 5) is 36.2. The standard InChI is InChI=1S/C25H21N3O2.C17H11ClN2O2/c1-4-30-25(29)19-9-8-18(16(3)12-19)7-6-17-13-21-20-10-5-15(2)11-22(20)28-24(26)23(21)27-14-17;1-11-7-14(17(21)22-2)6-5-13(11)4-3-12-8-15(18)16(9-19)20-10-12/h5,8-14H,4H2,1-3H3,(H2,26,28);5-8,10H,1-2H3. The minimum atomic E-state index is -0.384. The van der Waals surface area contributed by atoms with E-state index in [9.17, 15) is 9.59 Å². The minimum Gasteiger partial charge on any atom is -0.465 e. The van der Waals surface area contributed by atoms with E-state index in [-0.39, 0.29) is 22.7 Å². The van der Waals surface area contributed by atoms with Crippen LogP contribution in [0.4, 0.5) is 5.82 Å². The molecule has 0 aliphatic heterocycles. The number of hydrogen-bond donors (Lipinski definition) is 1. The third-order valence-corrected chi connectivity index (χ3v) is 8.12. The van der Waals surface area contributed by atoms with E-state index in [1.807, 2.05) is 57.2 Å². The molecule has 6 aromatic rings. The monoisotopic (exact) mass is 705 g/mol. The maximum atomic E-state index is 11.9. The molecular formula is C42H32ClN5O4. The fourth-order valence-corrected chi connectivity index (χ4v) is 5.36. The van der Waals surface area contributed by atoms with Gasteiger partial charge in [-0.05, 0) is 99.0 Å². The highest BCUT2D eigenvalue weighted by atomic mass is 35.5. The summed E-state index contributed by atoms with van der Waals surface area (Å²) in [6, 6.07) is 22.1. The van der Waals surface area contributed by atoms with Crippen LogP contribution in [0.1, 0.15) is 72.3 Å². The van der Waals surface area contributed by atoms with Gasteiger partial charge in [0.15, 0.2) is 11.5 Å². The molecule has 10 heteroatoms. The zero-order valence-electron chi connectivity index (χ0n) is 29.1.